The molecule has 2 fully saturated rings. The maximum Gasteiger partial charge on any atom is 0.416 e. The third kappa shape index (κ3) is 5.78. The second-order valence-electron chi connectivity index (χ2n) is 11.7. The molecule has 3 aliphatic rings. The Morgan fingerprint density at radius 3 is 2.71 bits per heavy atom. The van der Waals surface area contributed by atoms with Gasteiger partial charge in [-0.3, -0.25) is 20.5 Å². The van der Waals surface area contributed by atoms with Crippen molar-refractivity contribution in [1.82, 2.24) is 9.80 Å². The molecule has 1 atom stereocenters. The predicted octanol–water partition coefficient (Wildman–Crippen LogP) is 5.55. The minimum Gasteiger partial charge on any atom is -0.377 e. The van der Waals surface area contributed by atoms with Crippen molar-refractivity contribution in [2.45, 2.75) is 63.4 Å². The van der Waals surface area contributed by atoms with Crippen LogP contribution >= 0.6 is 0 Å². The van der Waals surface area contributed by atoms with Crippen molar-refractivity contribution in [1.29, 1.82) is 16.1 Å². The van der Waals surface area contributed by atoms with Gasteiger partial charge in [-0.05, 0) is 67.1 Å². The third-order valence-electron chi connectivity index (χ3n) is 8.83. The Morgan fingerprint density at radius 2 is 2.02 bits per heavy atom. The van der Waals surface area contributed by atoms with E-state index < -0.39 is 23.1 Å². The number of rotatable bonds is 7. The van der Waals surface area contributed by atoms with Gasteiger partial charge in [-0.25, -0.2) is 0 Å². The van der Waals surface area contributed by atoms with Crippen LogP contribution in [0.15, 0.2) is 36.4 Å². The molecule has 1 saturated heterocycles. The summed E-state index contributed by atoms with van der Waals surface area (Å²) >= 11 is 0. The minimum absolute atomic E-state index is 0.0215. The number of carbonyl (C=O) groups is 1. The molecule has 2 aromatic carbocycles. The predicted molar refractivity (Wildman–Crippen MR) is 153 cm³/mol. The van der Waals surface area contributed by atoms with E-state index in [0.717, 1.165) is 18.3 Å². The Morgan fingerprint density at radius 1 is 1.26 bits per heavy atom. The van der Waals surface area contributed by atoms with Crippen molar-refractivity contribution in [3.63, 3.8) is 0 Å². The molecule has 1 unspecified atom stereocenters. The van der Waals surface area contributed by atoms with Crippen LogP contribution < -0.4 is 4.90 Å². The van der Waals surface area contributed by atoms with E-state index in [0.29, 0.717) is 56.8 Å². The molecule has 222 valence electrons. The summed E-state index contributed by atoms with van der Waals surface area (Å²) in [4.78, 5) is 18.5. The number of ether oxygens (including phenoxy) is 1. The largest absolute Gasteiger partial charge is 0.416 e. The number of anilines is 1. The Bertz CT molecular complexity index is 1430. The normalized spacial score (nSPS) is 24.4. The van der Waals surface area contributed by atoms with Gasteiger partial charge in [0.15, 0.2) is 0 Å². The molecule has 8 nitrogen and oxygen atoms in total. The number of nitrogens with one attached hydrogen (secondary N) is 2. The summed E-state index contributed by atoms with van der Waals surface area (Å²) in [7, 11) is 1.62. The van der Waals surface area contributed by atoms with Crippen molar-refractivity contribution in [3.05, 3.63) is 64.2 Å². The molecule has 5 rings (SSSR count). The molecule has 0 radical (unpaired) electrons. The highest BCUT2D eigenvalue weighted by Gasteiger charge is 2.47. The van der Waals surface area contributed by atoms with Gasteiger partial charge in [0.2, 0.25) is 0 Å². The van der Waals surface area contributed by atoms with Crippen molar-refractivity contribution in [2.75, 3.05) is 31.6 Å². The SMILES string of the molecule is CC1CCN(Cc2cc3c(c(C(F)(F)F)c2)CN(c2cccc(C4(CC(=N)N(C)C=N)CC(C#N)C4)c2)C3=O)CCO1. The summed E-state index contributed by atoms with van der Waals surface area (Å²) in [5, 5.41) is 25.4. The zero-order chi connectivity index (χ0) is 30.2. The zero-order valence-electron chi connectivity index (χ0n) is 23.8. The average Bonchev–Trinajstić information content (AvgIpc) is 3.13. The van der Waals surface area contributed by atoms with Gasteiger partial charge >= 0.3 is 6.18 Å². The number of amides is 1. The molecule has 0 aromatic heterocycles. The zero-order valence-corrected chi connectivity index (χ0v) is 23.8. The summed E-state index contributed by atoms with van der Waals surface area (Å²) < 4.78 is 48.6. The first kappa shape index (κ1) is 29.7. The van der Waals surface area contributed by atoms with Gasteiger partial charge in [-0.2, -0.15) is 18.4 Å². The highest BCUT2D eigenvalue weighted by Crippen LogP contribution is 2.51. The first-order valence-corrected chi connectivity index (χ1v) is 14.1. The first-order chi connectivity index (χ1) is 19.9. The van der Waals surface area contributed by atoms with Crippen LogP contribution in [-0.2, 0) is 29.4 Å². The standard InChI is InChI=1S/C31H35F3N6O2/c1-20-6-7-39(8-9-42-20)17-21-10-25-26(27(11-21)31(32,33)34)18-40(29(25)41)24-5-3-4-23(12-24)30(13-22(14-30)16-35)15-28(37)38(2)19-36/h3-5,10-12,19-20,22,36-37H,6-9,13-15,17-18H2,1-2H3. The van der Waals surface area contributed by atoms with Crippen LogP contribution in [0.5, 0.6) is 0 Å². The summed E-state index contributed by atoms with van der Waals surface area (Å²) in [5.41, 5.74) is 0.496. The van der Waals surface area contributed by atoms with Gasteiger partial charge in [0.1, 0.15) is 5.84 Å². The second kappa shape index (κ2) is 11.5. The number of fused-ring (bicyclic) bond motifs is 1. The lowest BCUT2D eigenvalue weighted by molar-refractivity contribution is -0.138. The number of amidine groups is 1. The van der Waals surface area contributed by atoms with E-state index in [1.54, 1.807) is 25.2 Å². The van der Waals surface area contributed by atoms with Gasteiger partial charge < -0.3 is 14.5 Å². The molecule has 2 N–H and O–H groups in total. The monoisotopic (exact) mass is 580 g/mol. The Labute approximate surface area is 243 Å². The molecular formula is C31H35F3N6O2. The van der Waals surface area contributed by atoms with E-state index in [9.17, 15) is 23.2 Å². The number of carbonyl (C=O) groups excluding carboxylic acids is 1. The molecule has 11 heteroatoms. The summed E-state index contributed by atoms with van der Waals surface area (Å²) in [6.07, 6.45) is -1.32. The third-order valence-corrected chi connectivity index (χ3v) is 8.83. The van der Waals surface area contributed by atoms with Gasteiger partial charge in [-0.15, -0.1) is 0 Å². The first-order valence-electron chi connectivity index (χ1n) is 14.1. The van der Waals surface area contributed by atoms with Crippen molar-refractivity contribution >= 4 is 23.8 Å². The van der Waals surface area contributed by atoms with Crippen molar-refractivity contribution in [2.24, 2.45) is 5.92 Å². The lowest BCUT2D eigenvalue weighted by atomic mass is 9.57. The van der Waals surface area contributed by atoms with E-state index in [1.165, 1.54) is 15.9 Å². The van der Waals surface area contributed by atoms with Gasteiger partial charge in [0.05, 0.1) is 37.2 Å². The Kier molecular flexibility index (Phi) is 8.14. The lowest BCUT2D eigenvalue weighted by Gasteiger charge is -2.46. The van der Waals surface area contributed by atoms with E-state index >= 15 is 0 Å². The van der Waals surface area contributed by atoms with Gasteiger partial charge in [0, 0.05) is 55.7 Å². The van der Waals surface area contributed by atoms with Crippen LogP contribution in [0.4, 0.5) is 18.9 Å². The van der Waals surface area contributed by atoms with Crippen LogP contribution in [0.1, 0.15) is 65.2 Å². The maximum absolute atomic E-state index is 14.3. The summed E-state index contributed by atoms with van der Waals surface area (Å²) in [6.45, 7) is 3.91. The maximum atomic E-state index is 14.3. The molecular weight excluding hydrogens is 545 g/mol. The molecule has 2 aliphatic heterocycles. The van der Waals surface area contributed by atoms with E-state index in [2.05, 4.69) is 11.0 Å². The van der Waals surface area contributed by atoms with Crippen molar-refractivity contribution in [3.8, 4) is 6.07 Å². The van der Waals surface area contributed by atoms with Crippen molar-refractivity contribution < 1.29 is 22.7 Å². The Hall–Kier alpha value is -3.75. The number of hydrogen-bond donors (Lipinski definition) is 2. The highest BCUT2D eigenvalue weighted by molar-refractivity contribution is 6.10. The van der Waals surface area contributed by atoms with E-state index in [4.69, 9.17) is 15.6 Å². The number of nitriles is 1. The topological polar surface area (TPSA) is 108 Å². The van der Waals surface area contributed by atoms with E-state index in [-0.39, 0.29) is 35.5 Å². The molecule has 2 aromatic rings. The summed E-state index contributed by atoms with van der Waals surface area (Å²) in [5.74, 6) is -0.420. The molecule has 1 aliphatic carbocycles. The molecule has 2 heterocycles. The lowest BCUT2D eigenvalue weighted by Crippen LogP contribution is -2.44. The number of benzene rings is 2. The fourth-order valence-corrected chi connectivity index (χ4v) is 6.36. The number of halogens is 3. The average molecular weight is 581 g/mol. The molecule has 1 saturated carbocycles. The smallest absolute Gasteiger partial charge is 0.377 e. The van der Waals surface area contributed by atoms with Gasteiger partial charge in [-0.1, -0.05) is 12.1 Å². The fourth-order valence-electron chi connectivity index (χ4n) is 6.36. The molecule has 0 spiro atoms. The number of hydrogen-bond acceptors (Lipinski definition) is 6. The van der Waals surface area contributed by atoms with Crippen LogP contribution in [0, 0.1) is 28.1 Å². The minimum atomic E-state index is -4.61. The van der Waals surface area contributed by atoms with Crippen LogP contribution in [-0.4, -0.2) is 60.7 Å². The number of alkyl halides is 3. The molecule has 0 bridgehead atoms. The highest BCUT2D eigenvalue weighted by atomic mass is 19.4. The quantitative estimate of drug-likeness (QED) is 0.330. The molecule has 1 amide bonds. The van der Waals surface area contributed by atoms with Crippen LogP contribution in [0.25, 0.3) is 0 Å². The number of nitrogens with zero attached hydrogens (tertiary/aromatic N) is 4. The molecule has 42 heavy (non-hydrogen) atoms. The second-order valence-corrected chi connectivity index (χ2v) is 11.7. The van der Waals surface area contributed by atoms with Crippen LogP contribution in [0.3, 0.4) is 0 Å². The Balaban J connectivity index is 1.45. The van der Waals surface area contributed by atoms with Crippen LogP contribution in [0.2, 0.25) is 0 Å². The summed E-state index contributed by atoms with van der Waals surface area (Å²) in [6, 6.07) is 12.2. The van der Waals surface area contributed by atoms with Gasteiger partial charge in [0.25, 0.3) is 5.91 Å². The van der Waals surface area contributed by atoms with E-state index in [1.807, 2.05) is 19.1 Å². The fraction of sp³-hybridized carbons (Fsp3) is 0.484.